The van der Waals surface area contributed by atoms with E-state index in [0.717, 1.165) is 33.3 Å². The average molecular weight is 524 g/mol. The minimum absolute atomic E-state index is 0.204. The Labute approximate surface area is 202 Å². The van der Waals surface area contributed by atoms with Crippen molar-refractivity contribution in [2.24, 2.45) is 0 Å². The van der Waals surface area contributed by atoms with Crippen molar-refractivity contribution >= 4 is 91.9 Å². The average Bonchev–Trinajstić information content (AvgIpc) is 2.60. The van der Waals surface area contributed by atoms with Gasteiger partial charge in [-0.1, -0.05) is 71.3 Å². The van der Waals surface area contributed by atoms with Gasteiger partial charge in [0.2, 0.25) is 10.2 Å². The molecule has 2 nitrogen and oxygen atoms in total. The van der Waals surface area contributed by atoms with Gasteiger partial charge in [-0.3, -0.25) is 9.59 Å². The zero-order chi connectivity index (χ0) is 21.9. The summed E-state index contributed by atoms with van der Waals surface area (Å²) in [7, 11) is 0. The van der Waals surface area contributed by atoms with Crippen LogP contribution in [0.15, 0.2) is 68.2 Å². The molecule has 152 valence electrons. The van der Waals surface area contributed by atoms with Crippen LogP contribution in [0.3, 0.4) is 0 Å². The van der Waals surface area contributed by atoms with Gasteiger partial charge >= 0.3 is 0 Å². The normalized spacial score (nSPS) is 10.7. The Balaban J connectivity index is 2.28. The van der Waals surface area contributed by atoms with E-state index in [1.54, 1.807) is 38.1 Å². The molecule has 0 N–H and O–H groups in total. The third-order valence-electron chi connectivity index (χ3n) is 3.27. The SMILES string of the molecule is C=C(C)C(=O)Sc1c(Cl)cc(Sc2cc(Cl)c(SC(=O)C(=C)C)c(Cl)c2)cc1Cl. The van der Waals surface area contributed by atoms with Crippen molar-refractivity contribution in [2.75, 3.05) is 0 Å². The van der Waals surface area contributed by atoms with Gasteiger partial charge in [-0.15, -0.1) is 0 Å². The molecule has 0 saturated carbocycles. The topological polar surface area (TPSA) is 34.1 Å². The third-order valence-corrected chi connectivity index (χ3v) is 8.20. The quantitative estimate of drug-likeness (QED) is 0.279. The summed E-state index contributed by atoms with van der Waals surface area (Å²) in [6.45, 7) is 10.5. The van der Waals surface area contributed by atoms with Crippen LogP contribution >= 0.6 is 81.7 Å². The number of hydrogen-bond donors (Lipinski definition) is 0. The molecule has 0 unspecified atom stereocenters. The minimum atomic E-state index is -0.204. The van der Waals surface area contributed by atoms with Crippen LogP contribution in [0.5, 0.6) is 0 Å². The second-order valence-electron chi connectivity index (χ2n) is 5.87. The summed E-state index contributed by atoms with van der Waals surface area (Å²) < 4.78 is 0. The standard InChI is InChI=1S/C20H14Cl4O2S3/c1-9(2)19(25)28-17-13(21)5-11(6-14(17)22)27-12-7-15(23)18(16(24)8-12)29-20(26)10(3)4/h5-8H,1,3H2,2,4H3. The van der Waals surface area contributed by atoms with Crippen LogP contribution in [-0.4, -0.2) is 10.2 Å². The van der Waals surface area contributed by atoms with Gasteiger partial charge < -0.3 is 0 Å². The molecule has 29 heavy (non-hydrogen) atoms. The molecule has 0 heterocycles. The molecule has 0 bridgehead atoms. The summed E-state index contributed by atoms with van der Waals surface area (Å²) in [4.78, 5) is 26.2. The van der Waals surface area contributed by atoms with E-state index in [1.807, 2.05) is 0 Å². The zero-order valence-electron chi connectivity index (χ0n) is 15.3. The fraction of sp³-hybridized carbons (Fsp3) is 0.100. The second-order valence-corrected chi connectivity index (χ2v) is 10.6. The fourth-order valence-electron chi connectivity index (χ4n) is 1.88. The predicted molar refractivity (Wildman–Crippen MR) is 128 cm³/mol. The van der Waals surface area contributed by atoms with Gasteiger partial charge in [0.25, 0.3) is 0 Å². The maximum atomic E-state index is 11.9. The number of halogens is 4. The molecule has 0 aliphatic carbocycles. The van der Waals surface area contributed by atoms with Crippen LogP contribution in [0.2, 0.25) is 20.1 Å². The van der Waals surface area contributed by atoms with E-state index in [4.69, 9.17) is 46.4 Å². The van der Waals surface area contributed by atoms with Gasteiger partial charge in [0.05, 0.1) is 29.9 Å². The first kappa shape index (κ1) is 24.7. The van der Waals surface area contributed by atoms with Gasteiger partial charge in [0.15, 0.2) is 0 Å². The lowest BCUT2D eigenvalue weighted by molar-refractivity contribution is -0.108. The van der Waals surface area contributed by atoms with Crippen molar-refractivity contribution < 1.29 is 9.59 Å². The van der Waals surface area contributed by atoms with E-state index in [1.165, 1.54) is 11.8 Å². The number of rotatable bonds is 6. The van der Waals surface area contributed by atoms with Crippen molar-refractivity contribution in [2.45, 2.75) is 33.4 Å². The number of carbonyl (C=O) groups excluding carboxylic acids is 2. The van der Waals surface area contributed by atoms with Gasteiger partial charge in [-0.05, 0) is 72.8 Å². The summed E-state index contributed by atoms with van der Waals surface area (Å²) in [5.41, 5.74) is 0.820. The highest BCUT2D eigenvalue weighted by Gasteiger charge is 2.17. The smallest absolute Gasteiger partial charge is 0.219 e. The van der Waals surface area contributed by atoms with E-state index in [-0.39, 0.29) is 10.2 Å². The molecule has 0 aliphatic heterocycles. The number of carbonyl (C=O) groups is 2. The van der Waals surface area contributed by atoms with Gasteiger partial charge in [-0.25, -0.2) is 0 Å². The minimum Gasteiger partial charge on any atom is -0.282 e. The number of thioether (sulfide) groups is 2. The molecule has 0 fully saturated rings. The summed E-state index contributed by atoms with van der Waals surface area (Å²) in [5, 5.41) is 1.02. The summed E-state index contributed by atoms with van der Waals surface area (Å²) in [6, 6.07) is 6.84. The van der Waals surface area contributed by atoms with Crippen LogP contribution in [0.4, 0.5) is 0 Å². The number of benzene rings is 2. The Morgan fingerprint density at radius 2 is 0.966 bits per heavy atom. The monoisotopic (exact) mass is 522 g/mol. The van der Waals surface area contributed by atoms with Crippen LogP contribution < -0.4 is 0 Å². The molecule has 0 spiro atoms. The maximum absolute atomic E-state index is 11.9. The fourth-order valence-corrected chi connectivity index (χ4v) is 5.90. The Morgan fingerprint density at radius 3 is 1.21 bits per heavy atom. The van der Waals surface area contributed by atoms with Gasteiger partial charge in [-0.2, -0.15) is 0 Å². The highest BCUT2D eigenvalue weighted by Crippen LogP contribution is 2.43. The van der Waals surface area contributed by atoms with Crippen LogP contribution in [0, 0.1) is 0 Å². The van der Waals surface area contributed by atoms with E-state index >= 15 is 0 Å². The van der Waals surface area contributed by atoms with Crippen molar-refractivity contribution in [1.29, 1.82) is 0 Å². The Kier molecular flexibility index (Phi) is 9.10. The van der Waals surface area contributed by atoms with Gasteiger partial charge in [0.1, 0.15) is 0 Å². The van der Waals surface area contributed by atoms with Crippen molar-refractivity contribution in [3.63, 3.8) is 0 Å². The molecule has 0 atom stereocenters. The molecule has 0 aliphatic rings. The Hall–Kier alpha value is -0.530. The molecular weight excluding hydrogens is 510 g/mol. The first-order chi connectivity index (χ1) is 13.5. The summed E-state index contributed by atoms with van der Waals surface area (Å²) in [5.74, 6) is 0. The lowest BCUT2D eigenvalue weighted by Gasteiger charge is -2.11. The van der Waals surface area contributed by atoms with E-state index < -0.39 is 0 Å². The molecule has 2 aromatic carbocycles. The molecule has 0 aromatic heterocycles. The Morgan fingerprint density at radius 1 is 0.690 bits per heavy atom. The highest BCUT2D eigenvalue weighted by atomic mass is 35.5. The molecule has 2 aromatic rings. The van der Waals surface area contributed by atoms with E-state index in [9.17, 15) is 9.59 Å². The van der Waals surface area contributed by atoms with Crippen LogP contribution in [-0.2, 0) is 9.59 Å². The molecule has 0 saturated heterocycles. The molecule has 9 heteroatoms. The molecular formula is C20H14Cl4O2S3. The van der Waals surface area contributed by atoms with Crippen LogP contribution in [0.25, 0.3) is 0 Å². The van der Waals surface area contributed by atoms with Crippen molar-refractivity contribution in [3.8, 4) is 0 Å². The first-order valence-electron chi connectivity index (χ1n) is 7.91. The number of hydrogen-bond acceptors (Lipinski definition) is 5. The van der Waals surface area contributed by atoms with Crippen molar-refractivity contribution in [3.05, 3.63) is 68.7 Å². The lowest BCUT2D eigenvalue weighted by Crippen LogP contribution is -1.93. The predicted octanol–water partition coefficient (Wildman–Crippen LogP) is 8.84. The van der Waals surface area contributed by atoms with Gasteiger partial charge in [0, 0.05) is 9.79 Å². The first-order valence-corrected chi connectivity index (χ1v) is 11.9. The third kappa shape index (κ3) is 6.73. The largest absolute Gasteiger partial charge is 0.282 e. The molecule has 2 rings (SSSR count). The maximum Gasteiger partial charge on any atom is 0.219 e. The Bertz CT molecular complexity index is 907. The molecule has 0 amide bonds. The molecule has 0 radical (unpaired) electrons. The zero-order valence-corrected chi connectivity index (χ0v) is 20.7. The van der Waals surface area contributed by atoms with Crippen molar-refractivity contribution in [1.82, 2.24) is 0 Å². The second kappa shape index (κ2) is 10.7. The summed E-state index contributed by atoms with van der Waals surface area (Å²) in [6.07, 6.45) is 0. The van der Waals surface area contributed by atoms with E-state index in [2.05, 4.69) is 13.2 Å². The lowest BCUT2D eigenvalue weighted by atomic mass is 10.3. The summed E-state index contributed by atoms with van der Waals surface area (Å²) >= 11 is 28.5. The highest BCUT2D eigenvalue weighted by molar-refractivity contribution is 8.14. The van der Waals surface area contributed by atoms with Crippen LogP contribution in [0.1, 0.15) is 13.8 Å². The van der Waals surface area contributed by atoms with E-state index in [0.29, 0.717) is 41.0 Å².